The molecule has 1 aliphatic rings. The molecule has 150 valence electrons. The molecular weight excluding hydrogens is 378 g/mol. The Balaban J connectivity index is 1.63. The number of piperidine rings is 1. The van der Waals surface area contributed by atoms with Gasteiger partial charge in [0.1, 0.15) is 0 Å². The smallest absolute Gasteiger partial charge is 0.310 e. The molecule has 2 aromatic rings. The summed E-state index contributed by atoms with van der Waals surface area (Å²) in [6.07, 6.45) is 1.57. The number of hydrogen-bond acceptors (Lipinski definition) is 7. The van der Waals surface area contributed by atoms with Gasteiger partial charge in [0, 0.05) is 13.1 Å². The van der Waals surface area contributed by atoms with Crippen LogP contribution in [0.2, 0.25) is 0 Å². The van der Waals surface area contributed by atoms with Gasteiger partial charge in [0.15, 0.2) is 0 Å². The average molecular weight is 404 g/mol. The number of hydrogen-bond donors (Lipinski definition) is 0. The van der Waals surface area contributed by atoms with Gasteiger partial charge in [0.05, 0.1) is 24.0 Å². The molecule has 0 saturated carbocycles. The lowest BCUT2D eigenvalue weighted by Crippen LogP contribution is -2.43. The van der Waals surface area contributed by atoms with E-state index in [1.165, 1.54) is 11.8 Å². The molecule has 0 aliphatic carbocycles. The Morgan fingerprint density at radius 1 is 1.32 bits per heavy atom. The summed E-state index contributed by atoms with van der Waals surface area (Å²) in [6, 6.07) is 6.08. The summed E-state index contributed by atoms with van der Waals surface area (Å²) in [6.45, 7) is 7.25. The van der Waals surface area contributed by atoms with Gasteiger partial charge in [0.25, 0.3) is 0 Å². The Labute approximate surface area is 168 Å². The summed E-state index contributed by atoms with van der Waals surface area (Å²) >= 11 is 1.30. The van der Waals surface area contributed by atoms with Crippen molar-refractivity contribution in [2.45, 2.75) is 38.8 Å². The van der Waals surface area contributed by atoms with E-state index in [1.807, 2.05) is 32.0 Å². The van der Waals surface area contributed by atoms with Gasteiger partial charge >= 0.3 is 5.97 Å². The number of carbonyl (C=O) groups excluding carboxylic acids is 2. The van der Waals surface area contributed by atoms with E-state index in [2.05, 4.69) is 15.5 Å². The van der Waals surface area contributed by atoms with E-state index in [9.17, 15) is 9.59 Å². The van der Waals surface area contributed by atoms with Gasteiger partial charge in [-0.3, -0.25) is 9.59 Å². The largest absolute Gasteiger partial charge is 0.466 e. The fourth-order valence-corrected chi connectivity index (χ4v) is 4.03. The molecule has 1 atom stereocenters. The zero-order valence-corrected chi connectivity index (χ0v) is 17.2. The Morgan fingerprint density at radius 3 is 2.93 bits per heavy atom. The molecule has 0 N–H and O–H groups in total. The summed E-state index contributed by atoms with van der Waals surface area (Å²) in [5.41, 5.74) is 3.07. The Kier molecular flexibility index (Phi) is 6.66. The van der Waals surface area contributed by atoms with Crippen LogP contribution < -0.4 is 0 Å². The zero-order chi connectivity index (χ0) is 20.1. The highest BCUT2D eigenvalue weighted by Crippen LogP contribution is 2.23. The number of thioether (sulfide) groups is 1. The van der Waals surface area contributed by atoms with Gasteiger partial charge in [0.2, 0.25) is 11.1 Å². The van der Waals surface area contributed by atoms with Crippen LogP contribution in [0, 0.1) is 19.8 Å². The molecule has 3 rings (SSSR count). The van der Waals surface area contributed by atoms with Crippen molar-refractivity contribution in [2.24, 2.45) is 5.92 Å². The maximum Gasteiger partial charge on any atom is 0.310 e. The molecule has 1 aromatic carbocycles. The summed E-state index contributed by atoms with van der Waals surface area (Å²) in [4.78, 5) is 26.4. The van der Waals surface area contributed by atoms with Crippen molar-refractivity contribution < 1.29 is 14.3 Å². The van der Waals surface area contributed by atoms with Gasteiger partial charge in [-0.05, 0) is 61.2 Å². The molecule has 0 radical (unpaired) electrons. The van der Waals surface area contributed by atoms with Crippen LogP contribution in [0.25, 0.3) is 5.69 Å². The number of carbonyl (C=O) groups is 2. The number of rotatable bonds is 6. The van der Waals surface area contributed by atoms with E-state index in [0.29, 0.717) is 24.9 Å². The van der Waals surface area contributed by atoms with Crippen LogP contribution in [-0.2, 0) is 14.3 Å². The predicted octanol–water partition coefficient (Wildman–Crippen LogP) is 2.17. The van der Waals surface area contributed by atoms with Crippen LogP contribution >= 0.6 is 11.8 Å². The first-order chi connectivity index (χ1) is 13.5. The third-order valence-electron chi connectivity index (χ3n) is 4.75. The minimum absolute atomic E-state index is 0.0190. The number of aromatic nitrogens is 4. The highest BCUT2D eigenvalue weighted by atomic mass is 32.2. The number of likely N-dealkylation sites (tertiary alicyclic amines) is 1. The molecule has 1 aliphatic heterocycles. The summed E-state index contributed by atoms with van der Waals surface area (Å²) in [5.74, 6) is -0.246. The second kappa shape index (κ2) is 9.18. The fraction of sp³-hybridized carbons (Fsp3) is 0.526. The van der Waals surface area contributed by atoms with Crippen LogP contribution in [-0.4, -0.2) is 62.4 Å². The van der Waals surface area contributed by atoms with Gasteiger partial charge in [-0.25, -0.2) is 0 Å². The maximum absolute atomic E-state index is 12.7. The molecule has 0 unspecified atom stereocenters. The third-order valence-corrected chi connectivity index (χ3v) is 5.66. The van der Waals surface area contributed by atoms with Crippen molar-refractivity contribution in [3.63, 3.8) is 0 Å². The molecule has 1 fully saturated rings. The Hall–Kier alpha value is -2.42. The molecule has 8 nitrogen and oxygen atoms in total. The minimum Gasteiger partial charge on any atom is -0.466 e. The van der Waals surface area contributed by atoms with Crippen molar-refractivity contribution in [2.75, 3.05) is 25.4 Å². The molecule has 0 spiro atoms. The van der Waals surface area contributed by atoms with E-state index in [-0.39, 0.29) is 23.5 Å². The molecular formula is C19H25N5O3S. The normalized spacial score (nSPS) is 16.8. The van der Waals surface area contributed by atoms with Crippen LogP contribution in [0.1, 0.15) is 30.9 Å². The molecule has 9 heteroatoms. The first kappa shape index (κ1) is 20.3. The number of aryl methyl sites for hydroxylation is 2. The highest BCUT2D eigenvalue weighted by Gasteiger charge is 2.29. The van der Waals surface area contributed by atoms with Crippen molar-refractivity contribution in [1.82, 2.24) is 25.1 Å². The van der Waals surface area contributed by atoms with E-state index < -0.39 is 0 Å². The lowest BCUT2D eigenvalue weighted by Gasteiger charge is -2.31. The first-order valence-corrected chi connectivity index (χ1v) is 10.4. The van der Waals surface area contributed by atoms with Crippen molar-refractivity contribution in [3.05, 3.63) is 29.3 Å². The zero-order valence-electron chi connectivity index (χ0n) is 16.4. The summed E-state index contributed by atoms with van der Waals surface area (Å²) in [7, 11) is 0. The SMILES string of the molecule is CCOC(=O)[C@@H]1CCCN(C(=O)CSc2nnnn2-c2cc(C)ccc2C)C1. The van der Waals surface area contributed by atoms with E-state index in [0.717, 1.165) is 29.7 Å². The van der Waals surface area contributed by atoms with Crippen LogP contribution in [0.3, 0.4) is 0 Å². The van der Waals surface area contributed by atoms with Crippen LogP contribution in [0.5, 0.6) is 0 Å². The van der Waals surface area contributed by atoms with Crippen molar-refractivity contribution in [1.29, 1.82) is 0 Å². The number of esters is 1. The standard InChI is InChI=1S/C19H25N5O3S/c1-4-27-18(26)15-6-5-9-23(11-15)17(25)12-28-19-20-21-22-24(19)16-10-13(2)7-8-14(16)3/h7-8,10,15H,4-6,9,11-12H2,1-3H3/t15-/m1/s1. The second-order valence-electron chi connectivity index (χ2n) is 6.88. The molecule has 28 heavy (non-hydrogen) atoms. The predicted molar refractivity (Wildman–Crippen MR) is 105 cm³/mol. The van der Waals surface area contributed by atoms with Gasteiger partial charge in [-0.15, -0.1) is 5.10 Å². The third kappa shape index (κ3) is 4.70. The monoisotopic (exact) mass is 403 g/mol. The van der Waals surface area contributed by atoms with E-state index >= 15 is 0 Å². The average Bonchev–Trinajstić information content (AvgIpc) is 3.16. The van der Waals surface area contributed by atoms with Crippen LogP contribution in [0.15, 0.2) is 23.4 Å². The molecule has 0 bridgehead atoms. The number of ether oxygens (including phenoxy) is 1. The number of nitrogens with zero attached hydrogens (tertiary/aromatic N) is 5. The minimum atomic E-state index is -0.233. The Morgan fingerprint density at radius 2 is 2.14 bits per heavy atom. The van der Waals surface area contributed by atoms with Crippen LogP contribution in [0.4, 0.5) is 0 Å². The molecule has 2 heterocycles. The van der Waals surface area contributed by atoms with E-state index in [1.54, 1.807) is 16.5 Å². The number of amides is 1. The molecule has 1 amide bonds. The van der Waals surface area contributed by atoms with Crippen molar-refractivity contribution >= 4 is 23.6 Å². The Bertz CT molecular complexity index is 854. The first-order valence-electron chi connectivity index (χ1n) is 9.42. The number of tetrazole rings is 1. The second-order valence-corrected chi connectivity index (χ2v) is 7.83. The van der Waals surface area contributed by atoms with Gasteiger partial charge < -0.3 is 9.64 Å². The lowest BCUT2D eigenvalue weighted by molar-refractivity contribution is -0.151. The van der Waals surface area contributed by atoms with E-state index in [4.69, 9.17) is 4.74 Å². The summed E-state index contributed by atoms with van der Waals surface area (Å²) < 4.78 is 6.77. The quantitative estimate of drug-likeness (QED) is 0.539. The summed E-state index contributed by atoms with van der Waals surface area (Å²) in [5, 5.41) is 12.5. The maximum atomic E-state index is 12.7. The van der Waals surface area contributed by atoms with Crippen molar-refractivity contribution in [3.8, 4) is 5.69 Å². The van der Waals surface area contributed by atoms with Gasteiger partial charge in [-0.2, -0.15) is 4.68 Å². The lowest BCUT2D eigenvalue weighted by atomic mass is 9.98. The topological polar surface area (TPSA) is 90.2 Å². The number of benzene rings is 1. The fourth-order valence-electron chi connectivity index (χ4n) is 3.24. The highest BCUT2D eigenvalue weighted by molar-refractivity contribution is 7.99. The van der Waals surface area contributed by atoms with Gasteiger partial charge in [-0.1, -0.05) is 23.9 Å². The molecule has 1 saturated heterocycles. The molecule has 1 aromatic heterocycles.